The number of nitrogens with zero attached hydrogens (tertiary/aromatic N) is 8. The topological polar surface area (TPSA) is 190 Å². The molecule has 0 aliphatic carbocycles. The first kappa shape index (κ1) is 45.9. The average molecular weight is 1010 g/mol. The standard InChI is InChI=1S/2C21H21ClN4O3S2.Ni/c2*1-21(2)7-9-26-8-3-4-13-18(26)14(21)11-16(19(13)31(27,28)29)24-25-20-23-15-6-5-12(22)10-17(15)30-20;/h2*5-6,10-11H,3-4,7-9H2,1-2H3,(H,27,28,29);. The number of azo groups is 2. The van der Waals surface area contributed by atoms with E-state index in [0.29, 0.717) is 44.3 Å². The molecule has 4 aromatic carbocycles. The van der Waals surface area contributed by atoms with Crippen LogP contribution in [0.3, 0.4) is 0 Å². The molecule has 4 aliphatic rings. The molecule has 0 amide bonds. The zero-order valence-corrected chi connectivity index (χ0v) is 40.3. The maximum absolute atomic E-state index is 12.4. The fourth-order valence-electron chi connectivity index (χ4n) is 9.05. The molecule has 2 aromatic heterocycles. The van der Waals surface area contributed by atoms with Gasteiger partial charge in [0.05, 0.1) is 20.4 Å². The van der Waals surface area contributed by atoms with Crippen molar-refractivity contribution in [3.63, 3.8) is 0 Å². The van der Waals surface area contributed by atoms with Crippen LogP contribution in [0.1, 0.15) is 75.6 Å². The molecule has 0 saturated heterocycles. The number of rotatable bonds is 6. The predicted molar refractivity (Wildman–Crippen MR) is 246 cm³/mol. The Morgan fingerprint density at radius 1 is 0.619 bits per heavy atom. The molecule has 0 radical (unpaired) electrons. The van der Waals surface area contributed by atoms with Crippen LogP contribution in [-0.2, 0) is 60.4 Å². The van der Waals surface area contributed by atoms with E-state index in [-0.39, 0.29) is 48.5 Å². The van der Waals surface area contributed by atoms with E-state index in [4.69, 9.17) is 23.2 Å². The molecule has 14 nitrogen and oxygen atoms in total. The minimum absolute atomic E-state index is 0. The number of hydrogen-bond donors (Lipinski definition) is 2. The van der Waals surface area contributed by atoms with Crippen molar-refractivity contribution in [2.75, 3.05) is 36.0 Å². The Balaban J connectivity index is 0.000000170. The molecule has 6 heterocycles. The molecule has 4 aliphatic heterocycles. The van der Waals surface area contributed by atoms with Crippen molar-refractivity contribution in [2.24, 2.45) is 20.5 Å². The van der Waals surface area contributed by atoms with Crippen LogP contribution in [0.5, 0.6) is 0 Å². The first-order valence-electron chi connectivity index (χ1n) is 20.1. The van der Waals surface area contributed by atoms with Gasteiger partial charge in [0.1, 0.15) is 21.2 Å². The number of anilines is 2. The minimum Gasteiger partial charge on any atom is -0.371 e. The van der Waals surface area contributed by atoms with Crippen molar-refractivity contribution in [1.82, 2.24) is 9.97 Å². The van der Waals surface area contributed by atoms with Crippen molar-refractivity contribution in [3.05, 3.63) is 80.8 Å². The van der Waals surface area contributed by atoms with Crippen LogP contribution in [0.15, 0.2) is 78.8 Å². The fraction of sp³-hybridized carbons (Fsp3) is 0.381. The second kappa shape index (κ2) is 17.0. The third-order valence-corrected chi connectivity index (χ3v) is 16.4. The summed E-state index contributed by atoms with van der Waals surface area (Å²) in [5, 5.41) is 19.0. The van der Waals surface area contributed by atoms with Gasteiger partial charge in [0.15, 0.2) is 0 Å². The van der Waals surface area contributed by atoms with Crippen molar-refractivity contribution < 1.29 is 42.4 Å². The van der Waals surface area contributed by atoms with Gasteiger partial charge in [0.2, 0.25) is 10.3 Å². The second-order valence-electron chi connectivity index (χ2n) is 17.2. The molecule has 0 unspecified atom stereocenters. The Morgan fingerprint density at radius 2 is 1.02 bits per heavy atom. The number of halogens is 2. The van der Waals surface area contributed by atoms with Crippen molar-refractivity contribution in [2.45, 2.75) is 86.8 Å². The van der Waals surface area contributed by atoms with Crippen LogP contribution in [0.4, 0.5) is 33.0 Å². The smallest absolute Gasteiger partial charge is 0.297 e. The molecule has 334 valence electrons. The van der Waals surface area contributed by atoms with Crippen LogP contribution in [0.2, 0.25) is 10.0 Å². The Morgan fingerprint density at radius 3 is 1.40 bits per heavy atom. The summed E-state index contributed by atoms with van der Waals surface area (Å²) in [6.45, 7) is 12.1. The van der Waals surface area contributed by atoms with E-state index in [1.165, 1.54) is 22.7 Å². The van der Waals surface area contributed by atoms with Gasteiger partial charge in [-0.2, -0.15) is 16.8 Å². The molecule has 6 aromatic rings. The summed E-state index contributed by atoms with van der Waals surface area (Å²) in [6, 6.07) is 14.3. The Labute approximate surface area is 393 Å². The summed E-state index contributed by atoms with van der Waals surface area (Å²) >= 11 is 14.7. The number of aromatic nitrogens is 2. The SMILES string of the molecule is CC1(C)CCN2CCCc3c2c1cc(N=Nc1nc2ccc(Cl)cc2s1)c3S(=O)(=O)O.CC1(C)CCN2CCCc3c2c1cc(N=Nc1nc2ccc(Cl)cc2s1)c3S(=O)(=O)O.[Ni]. The van der Waals surface area contributed by atoms with E-state index in [1.807, 2.05) is 0 Å². The summed E-state index contributed by atoms with van der Waals surface area (Å²) in [6.07, 6.45) is 4.73. The molecule has 0 saturated carbocycles. The van der Waals surface area contributed by atoms with Crippen molar-refractivity contribution in [3.8, 4) is 0 Å². The van der Waals surface area contributed by atoms with Crippen molar-refractivity contribution in [1.29, 1.82) is 0 Å². The summed E-state index contributed by atoms with van der Waals surface area (Å²) in [5.41, 5.74) is 6.79. The molecule has 0 atom stereocenters. The third kappa shape index (κ3) is 8.89. The van der Waals surface area contributed by atoms with Crippen LogP contribution < -0.4 is 9.80 Å². The van der Waals surface area contributed by atoms with Gasteiger partial charge in [-0.25, -0.2) is 9.97 Å². The van der Waals surface area contributed by atoms with E-state index in [0.717, 1.165) is 94.8 Å². The maximum atomic E-state index is 12.4. The summed E-state index contributed by atoms with van der Waals surface area (Å²) in [7, 11) is -8.97. The maximum Gasteiger partial charge on any atom is 0.297 e. The molecule has 0 fully saturated rings. The van der Waals surface area contributed by atoms with Crippen LogP contribution >= 0.6 is 45.9 Å². The number of fused-ring (bicyclic) bond motifs is 2. The molecule has 10 rings (SSSR count). The third-order valence-electron chi connectivity index (χ3n) is 12.2. The minimum atomic E-state index is -4.49. The van der Waals surface area contributed by atoms with E-state index >= 15 is 0 Å². The van der Waals surface area contributed by atoms with E-state index in [9.17, 15) is 25.9 Å². The normalized spacial score (nSPS) is 17.7. The van der Waals surface area contributed by atoms with Gasteiger partial charge in [-0.05, 0) is 120 Å². The van der Waals surface area contributed by atoms with Gasteiger partial charge in [-0.3, -0.25) is 9.11 Å². The van der Waals surface area contributed by atoms with Crippen LogP contribution in [-0.4, -0.2) is 62.1 Å². The van der Waals surface area contributed by atoms with Crippen molar-refractivity contribution >= 4 is 120 Å². The zero-order chi connectivity index (χ0) is 43.9. The Kier molecular flexibility index (Phi) is 12.4. The molecule has 63 heavy (non-hydrogen) atoms. The largest absolute Gasteiger partial charge is 0.371 e. The van der Waals surface area contributed by atoms with Gasteiger partial charge in [-0.15, -0.1) is 20.5 Å². The van der Waals surface area contributed by atoms with Gasteiger partial charge in [0, 0.05) is 64.1 Å². The molecule has 21 heteroatoms. The van der Waals surface area contributed by atoms with E-state index in [2.05, 4.69) is 67.9 Å². The summed E-state index contributed by atoms with van der Waals surface area (Å²) < 4.78 is 71.6. The monoisotopic (exact) mass is 1010 g/mol. The molecule has 2 N–H and O–H groups in total. The second-order valence-corrected chi connectivity index (χ2v) is 22.8. The van der Waals surface area contributed by atoms with Gasteiger partial charge >= 0.3 is 0 Å². The zero-order valence-electron chi connectivity index (χ0n) is 34.5. The summed E-state index contributed by atoms with van der Waals surface area (Å²) in [5.74, 6) is 0. The van der Waals surface area contributed by atoms with Gasteiger partial charge in [0.25, 0.3) is 20.2 Å². The van der Waals surface area contributed by atoms with Gasteiger partial charge in [-0.1, -0.05) is 73.6 Å². The first-order chi connectivity index (χ1) is 29.3. The Hall–Kier alpha value is -3.65. The molecular weight excluding hydrogens is 970 g/mol. The quantitative estimate of drug-likeness (QED) is 0.0922. The molecule has 0 bridgehead atoms. The van der Waals surface area contributed by atoms with E-state index in [1.54, 1.807) is 48.5 Å². The van der Waals surface area contributed by atoms with Crippen LogP contribution in [0, 0.1) is 0 Å². The molecule has 0 spiro atoms. The first-order valence-corrected chi connectivity index (χ1v) is 25.3. The van der Waals surface area contributed by atoms with Crippen LogP contribution in [0.25, 0.3) is 20.4 Å². The number of hydrogen-bond acceptors (Lipinski definition) is 14. The number of thiazole rings is 2. The Bertz CT molecular complexity index is 2910. The fourth-order valence-corrected chi connectivity index (χ4v) is 12.9. The average Bonchev–Trinajstić information content (AvgIpc) is 3.81. The predicted octanol–water partition coefficient (Wildman–Crippen LogP) is 12.1. The van der Waals surface area contributed by atoms with Gasteiger partial charge < -0.3 is 9.80 Å². The number of benzene rings is 4. The van der Waals surface area contributed by atoms with E-state index < -0.39 is 20.2 Å². The molecular formula is C42H42Cl2N8NiO6S4. The summed E-state index contributed by atoms with van der Waals surface area (Å²) in [4.78, 5) is 13.0.